The molecule has 0 fully saturated rings. The summed E-state index contributed by atoms with van der Waals surface area (Å²) < 4.78 is 5.56. The molecule has 0 spiro atoms. The third kappa shape index (κ3) is 4.08. The molecule has 2 rings (SSSR count). The summed E-state index contributed by atoms with van der Waals surface area (Å²) in [5.41, 5.74) is 8.73. The Morgan fingerprint density at radius 3 is 2.52 bits per heavy atom. The molecule has 0 aliphatic carbocycles. The van der Waals surface area contributed by atoms with Crippen molar-refractivity contribution in [1.82, 2.24) is 9.97 Å². The van der Waals surface area contributed by atoms with E-state index in [4.69, 9.17) is 10.5 Å². The first-order valence-electron chi connectivity index (χ1n) is 7.23. The van der Waals surface area contributed by atoms with E-state index < -0.39 is 0 Å². The van der Waals surface area contributed by atoms with Crippen LogP contribution in [0.5, 0.6) is 5.88 Å². The molecule has 1 aromatic carbocycles. The normalized spacial score (nSPS) is 10.7. The SMILES string of the molecule is CCCc1ccc(Nc2ncnc(OC(C)C)c2N)cc1. The lowest BCUT2D eigenvalue weighted by Crippen LogP contribution is -2.10. The predicted molar refractivity (Wildman–Crippen MR) is 85.9 cm³/mol. The summed E-state index contributed by atoms with van der Waals surface area (Å²) in [6.07, 6.45) is 3.69. The Balaban J connectivity index is 2.15. The Hall–Kier alpha value is -2.30. The third-order valence-electron chi connectivity index (χ3n) is 2.95. The van der Waals surface area contributed by atoms with Gasteiger partial charge in [-0.05, 0) is 38.0 Å². The zero-order chi connectivity index (χ0) is 15.2. The van der Waals surface area contributed by atoms with Crippen LogP contribution in [0, 0.1) is 0 Å². The van der Waals surface area contributed by atoms with Crippen molar-refractivity contribution < 1.29 is 4.74 Å². The number of benzene rings is 1. The smallest absolute Gasteiger partial charge is 0.242 e. The van der Waals surface area contributed by atoms with Crippen LogP contribution in [0.4, 0.5) is 17.2 Å². The average molecular weight is 286 g/mol. The van der Waals surface area contributed by atoms with Crippen LogP contribution in [0.2, 0.25) is 0 Å². The number of nitrogens with zero attached hydrogens (tertiary/aromatic N) is 2. The number of hydrogen-bond acceptors (Lipinski definition) is 5. The van der Waals surface area contributed by atoms with Crippen LogP contribution < -0.4 is 15.8 Å². The Morgan fingerprint density at radius 1 is 1.19 bits per heavy atom. The third-order valence-corrected chi connectivity index (χ3v) is 2.95. The Labute approximate surface area is 125 Å². The van der Waals surface area contributed by atoms with Gasteiger partial charge in [0.2, 0.25) is 5.88 Å². The standard InChI is InChI=1S/C16H22N4O/c1-4-5-12-6-8-13(9-7-12)20-15-14(17)16(19-10-18-15)21-11(2)3/h6-11H,4-5,17H2,1-3H3,(H,18,19,20). The van der Waals surface area contributed by atoms with E-state index in [0.29, 0.717) is 17.4 Å². The van der Waals surface area contributed by atoms with Crippen LogP contribution in [0.3, 0.4) is 0 Å². The molecule has 0 radical (unpaired) electrons. The van der Waals surface area contributed by atoms with Gasteiger partial charge in [0.05, 0.1) is 6.10 Å². The number of aromatic nitrogens is 2. The molecular weight excluding hydrogens is 264 g/mol. The van der Waals surface area contributed by atoms with Crippen molar-refractivity contribution in [2.45, 2.75) is 39.7 Å². The average Bonchev–Trinajstić information content (AvgIpc) is 2.45. The first kappa shape index (κ1) is 15.1. The van der Waals surface area contributed by atoms with Gasteiger partial charge in [0.15, 0.2) is 5.82 Å². The summed E-state index contributed by atoms with van der Waals surface area (Å²) in [6.45, 7) is 6.03. The second kappa shape index (κ2) is 6.92. The maximum atomic E-state index is 6.04. The van der Waals surface area contributed by atoms with Crippen molar-refractivity contribution in [2.75, 3.05) is 11.1 Å². The molecule has 0 atom stereocenters. The van der Waals surface area contributed by atoms with Crippen molar-refractivity contribution in [3.63, 3.8) is 0 Å². The summed E-state index contributed by atoms with van der Waals surface area (Å²) >= 11 is 0. The maximum Gasteiger partial charge on any atom is 0.242 e. The van der Waals surface area contributed by atoms with Gasteiger partial charge in [0.25, 0.3) is 0 Å². The highest BCUT2D eigenvalue weighted by molar-refractivity contribution is 5.72. The molecule has 5 heteroatoms. The number of nitrogen functional groups attached to an aromatic ring is 1. The number of aryl methyl sites for hydroxylation is 1. The molecule has 0 saturated carbocycles. The molecule has 0 amide bonds. The van der Waals surface area contributed by atoms with E-state index in [1.54, 1.807) is 0 Å². The van der Waals surface area contributed by atoms with E-state index in [1.165, 1.54) is 11.9 Å². The van der Waals surface area contributed by atoms with E-state index in [9.17, 15) is 0 Å². The summed E-state index contributed by atoms with van der Waals surface area (Å²) in [4.78, 5) is 8.23. The van der Waals surface area contributed by atoms with Crippen LogP contribution in [-0.2, 0) is 6.42 Å². The lowest BCUT2D eigenvalue weighted by atomic mass is 10.1. The molecule has 21 heavy (non-hydrogen) atoms. The van der Waals surface area contributed by atoms with Gasteiger partial charge in [-0.25, -0.2) is 4.98 Å². The van der Waals surface area contributed by atoms with Crippen molar-refractivity contribution in [1.29, 1.82) is 0 Å². The van der Waals surface area contributed by atoms with E-state index in [0.717, 1.165) is 18.5 Å². The molecule has 0 bridgehead atoms. The number of anilines is 3. The maximum absolute atomic E-state index is 6.04. The van der Waals surface area contributed by atoms with E-state index in [2.05, 4.69) is 34.3 Å². The van der Waals surface area contributed by atoms with E-state index in [1.807, 2.05) is 26.0 Å². The van der Waals surface area contributed by atoms with Gasteiger partial charge in [-0.2, -0.15) is 4.98 Å². The fourth-order valence-corrected chi connectivity index (χ4v) is 1.98. The number of ether oxygens (including phenoxy) is 1. The number of hydrogen-bond donors (Lipinski definition) is 2. The van der Waals surface area contributed by atoms with Gasteiger partial charge in [-0.15, -0.1) is 0 Å². The van der Waals surface area contributed by atoms with Crippen LogP contribution in [0.15, 0.2) is 30.6 Å². The van der Waals surface area contributed by atoms with Gasteiger partial charge in [-0.1, -0.05) is 25.5 Å². The predicted octanol–water partition coefficient (Wildman–Crippen LogP) is 3.54. The highest BCUT2D eigenvalue weighted by atomic mass is 16.5. The van der Waals surface area contributed by atoms with Crippen molar-refractivity contribution >= 4 is 17.2 Å². The molecule has 1 aromatic heterocycles. The van der Waals surface area contributed by atoms with Gasteiger partial charge < -0.3 is 15.8 Å². The largest absolute Gasteiger partial charge is 0.473 e. The highest BCUT2D eigenvalue weighted by Gasteiger charge is 2.10. The zero-order valence-corrected chi connectivity index (χ0v) is 12.8. The minimum Gasteiger partial charge on any atom is -0.473 e. The van der Waals surface area contributed by atoms with E-state index >= 15 is 0 Å². The molecule has 0 aliphatic heterocycles. The van der Waals surface area contributed by atoms with Crippen LogP contribution >= 0.6 is 0 Å². The summed E-state index contributed by atoms with van der Waals surface area (Å²) in [6, 6.07) is 8.26. The summed E-state index contributed by atoms with van der Waals surface area (Å²) in [7, 11) is 0. The topological polar surface area (TPSA) is 73.1 Å². The fraction of sp³-hybridized carbons (Fsp3) is 0.375. The molecule has 0 unspecified atom stereocenters. The van der Waals surface area contributed by atoms with Crippen molar-refractivity contribution in [2.24, 2.45) is 0 Å². The number of nitrogens with two attached hydrogens (primary N) is 1. The summed E-state index contributed by atoms with van der Waals surface area (Å²) in [5.74, 6) is 0.967. The number of rotatable bonds is 6. The molecule has 1 heterocycles. The second-order valence-corrected chi connectivity index (χ2v) is 5.18. The lowest BCUT2D eigenvalue weighted by Gasteiger charge is -2.13. The monoisotopic (exact) mass is 286 g/mol. The number of nitrogens with one attached hydrogen (secondary N) is 1. The fourth-order valence-electron chi connectivity index (χ4n) is 1.98. The molecule has 0 saturated heterocycles. The van der Waals surface area contributed by atoms with Gasteiger partial charge >= 0.3 is 0 Å². The quantitative estimate of drug-likeness (QED) is 0.849. The zero-order valence-electron chi connectivity index (χ0n) is 12.8. The van der Waals surface area contributed by atoms with Gasteiger partial charge in [0, 0.05) is 5.69 Å². The van der Waals surface area contributed by atoms with Crippen molar-refractivity contribution in [3.8, 4) is 5.88 Å². The van der Waals surface area contributed by atoms with Crippen molar-refractivity contribution in [3.05, 3.63) is 36.2 Å². The first-order chi connectivity index (χ1) is 10.1. The first-order valence-corrected chi connectivity index (χ1v) is 7.23. The Morgan fingerprint density at radius 2 is 1.90 bits per heavy atom. The van der Waals surface area contributed by atoms with Crippen LogP contribution in [0.1, 0.15) is 32.8 Å². The van der Waals surface area contributed by atoms with E-state index in [-0.39, 0.29) is 6.10 Å². The minimum absolute atomic E-state index is 0.0170. The van der Waals surface area contributed by atoms with Gasteiger partial charge in [-0.3, -0.25) is 0 Å². The Bertz CT molecular complexity index is 581. The molecular formula is C16H22N4O. The van der Waals surface area contributed by atoms with Crippen LogP contribution in [-0.4, -0.2) is 16.1 Å². The van der Waals surface area contributed by atoms with Gasteiger partial charge in [0.1, 0.15) is 12.0 Å². The molecule has 2 aromatic rings. The molecule has 5 nitrogen and oxygen atoms in total. The minimum atomic E-state index is 0.0170. The summed E-state index contributed by atoms with van der Waals surface area (Å²) in [5, 5.41) is 3.20. The molecule has 0 aliphatic rings. The molecule has 3 N–H and O–H groups in total. The van der Waals surface area contributed by atoms with Crippen LogP contribution in [0.25, 0.3) is 0 Å². The Kier molecular flexibility index (Phi) is 4.98. The highest BCUT2D eigenvalue weighted by Crippen LogP contribution is 2.28. The molecule has 112 valence electrons. The second-order valence-electron chi connectivity index (χ2n) is 5.18. The lowest BCUT2D eigenvalue weighted by molar-refractivity contribution is 0.234.